The Morgan fingerprint density at radius 2 is 1.65 bits per heavy atom. The van der Waals surface area contributed by atoms with Gasteiger partial charge in [0.25, 0.3) is 5.91 Å². The van der Waals surface area contributed by atoms with Gasteiger partial charge in [0.1, 0.15) is 0 Å². The van der Waals surface area contributed by atoms with Crippen molar-refractivity contribution in [3.8, 4) is 0 Å². The zero-order valence-electron chi connectivity index (χ0n) is 28.9. The molecular weight excluding hydrogens is 572 g/mol. The summed E-state index contributed by atoms with van der Waals surface area (Å²) in [5, 5.41) is 18.6. The predicted molar refractivity (Wildman–Crippen MR) is 190 cm³/mol. The zero-order valence-corrected chi connectivity index (χ0v) is 28.9. The van der Waals surface area contributed by atoms with Gasteiger partial charge in [0.2, 0.25) is 0 Å². The molecule has 46 heavy (non-hydrogen) atoms. The van der Waals surface area contributed by atoms with Crippen LogP contribution in [-0.2, 0) is 23.7 Å². The number of aryl methyl sites for hydroxylation is 1. The number of hydrogen-bond donors (Lipinski definition) is 4. The summed E-state index contributed by atoms with van der Waals surface area (Å²) in [6.07, 6.45) is 3.86. The van der Waals surface area contributed by atoms with Gasteiger partial charge in [-0.3, -0.25) is 9.69 Å². The first-order valence-electron chi connectivity index (χ1n) is 16.4. The third-order valence-electron chi connectivity index (χ3n) is 9.03. The van der Waals surface area contributed by atoms with E-state index in [0.29, 0.717) is 16.9 Å². The number of aromatic nitrogens is 1. The summed E-state index contributed by atoms with van der Waals surface area (Å²) in [6.45, 7) is 19.2. The average molecular weight is 623 g/mol. The quantitative estimate of drug-likeness (QED) is 0.165. The van der Waals surface area contributed by atoms with Crippen molar-refractivity contribution in [3.63, 3.8) is 0 Å². The molecule has 0 bridgehead atoms. The highest BCUT2D eigenvalue weighted by Crippen LogP contribution is 2.45. The monoisotopic (exact) mass is 622 g/mol. The van der Waals surface area contributed by atoms with E-state index in [9.17, 15) is 14.7 Å². The van der Waals surface area contributed by atoms with Crippen LogP contribution >= 0.6 is 0 Å². The first-order valence-corrected chi connectivity index (χ1v) is 16.4. The number of amides is 2. The van der Waals surface area contributed by atoms with E-state index in [0.717, 1.165) is 42.5 Å². The second-order valence-corrected chi connectivity index (χ2v) is 15.7. The molecule has 0 saturated heterocycles. The fraction of sp³-hybridized carbons (Fsp3) is 0.436. The number of para-hydroxylation sites is 1. The van der Waals surface area contributed by atoms with Gasteiger partial charge in [-0.25, -0.2) is 4.79 Å². The van der Waals surface area contributed by atoms with Gasteiger partial charge in [-0.05, 0) is 109 Å². The summed E-state index contributed by atoms with van der Waals surface area (Å²) in [4.78, 5) is 31.4. The Morgan fingerprint density at radius 1 is 0.935 bits per heavy atom. The minimum atomic E-state index is -1.06. The molecule has 7 heteroatoms. The number of anilines is 2. The van der Waals surface area contributed by atoms with Crippen molar-refractivity contribution in [2.24, 2.45) is 0 Å². The maximum Gasteiger partial charge on any atom is 0.412 e. The lowest BCUT2D eigenvalue weighted by atomic mass is 9.74. The van der Waals surface area contributed by atoms with Crippen LogP contribution in [0.4, 0.5) is 16.2 Å². The van der Waals surface area contributed by atoms with Crippen molar-refractivity contribution >= 4 is 34.3 Å². The van der Waals surface area contributed by atoms with Crippen LogP contribution in [0.1, 0.15) is 113 Å². The lowest BCUT2D eigenvalue weighted by molar-refractivity contribution is 0.102. The summed E-state index contributed by atoms with van der Waals surface area (Å²) in [7, 11) is 0. The van der Waals surface area contributed by atoms with Crippen LogP contribution in [0.3, 0.4) is 0 Å². The number of carbonyl (C=O) groups excluding carboxylic acids is 1. The third kappa shape index (κ3) is 6.70. The number of aromatic amines is 1. The topological polar surface area (TPSA) is 97.5 Å². The van der Waals surface area contributed by atoms with Gasteiger partial charge in [-0.15, -0.1) is 0 Å². The smallest absolute Gasteiger partial charge is 0.412 e. The molecule has 1 heterocycles. The summed E-state index contributed by atoms with van der Waals surface area (Å²) >= 11 is 0. The molecular formula is C39H50N4O3. The van der Waals surface area contributed by atoms with E-state index in [2.05, 4.69) is 87.6 Å². The number of nitrogens with one attached hydrogen (secondary N) is 3. The lowest BCUT2D eigenvalue weighted by Crippen LogP contribution is -2.46. The van der Waals surface area contributed by atoms with Crippen LogP contribution in [0.25, 0.3) is 10.9 Å². The number of fused-ring (bicyclic) bond motifs is 2. The van der Waals surface area contributed by atoms with Gasteiger partial charge in [-0.2, -0.15) is 0 Å². The van der Waals surface area contributed by atoms with E-state index in [1.54, 1.807) is 0 Å². The first kappa shape index (κ1) is 33.3. The molecule has 0 radical (unpaired) electrons. The maximum absolute atomic E-state index is 14.0. The van der Waals surface area contributed by atoms with Crippen molar-refractivity contribution in [2.45, 2.75) is 104 Å². The molecule has 244 valence electrons. The zero-order chi connectivity index (χ0) is 33.6. The minimum absolute atomic E-state index is 0.222. The maximum atomic E-state index is 14.0. The number of hydrogen-bond acceptors (Lipinski definition) is 3. The molecule has 0 aliphatic heterocycles. The van der Waals surface area contributed by atoms with Crippen molar-refractivity contribution in [1.29, 1.82) is 0 Å². The molecule has 1 aliphatic rings. The minimum Gasteiger partial charge on any atom is -0.465 e. The SMILES string of the molecule is CC(C)(C)c1ccc(N(C(=O)O)C(C)(C)C)c(NC(=O)c2ccc3c(c2)CCC3NCCc2c[nH]c3ccccc23)c1C(C)(C)C. The number of nitrogens with zero attached hydrogens (tertiary/aromatic N) is 1. The number of carboxylic acid groups (broad SMARTS) is 1. The van der Waals surface area contributed by atoms with E-state index in [-0.39, 0.29) is 22.8 Å². The molecule has 0 spiro atoms. The second kappa shape index (κ2) is 12.3. The van der Waals surface area contributed by atoms with Gasteiger partial charge < -0.3 is 20.7 Å². The molecule has 1 aromatic heterocycles. The second-order valence-electron chi connectivity index (χ2n) is 15.7. The van der Waals surface area contributed by atoms with Crippen molar-refractivity contribution < 1.29 is 14.7 Å². The van der Waals surface area contributed by atoms with E-state index in [1.807, 2.05) is 51.1 Å². The number of H-pyrrole nitrogens is 1. The highest BCUT2D eigenvalue weighted by molar-refractivity contribution is 6.08. The molecule has 0 fully saturated rings. The fourth-order valence-corrected chi connectivity index (χ4v) is 6.94. The summed E-state index contributed by atoms with van der Waals surface area (Å²) in [5.41, 5.74) is 7.21. The standard InChI is InChI=1S/C39H50N4O3/c1-37(2,3)29-17-19-32(43(36(45)46)39(7,8)9)34(33(29)38(4,5)6)42-35(44)25-14-16-28-24(22-25)15-18-31(28)40-21-20-26-23-41-30-13-11-10-12-27(26)30/h10-14,16-17,19,22-23,31,40-41H,15,18,20-21H2,1-9H3,(H,42,44)(H,45,46). The largest absolute Gasteiger partial charge is 0.465 e. The normalized spacial score (nSPS) is 15.2. The van der Waals surface area contributed by atoms with Gasteiger partial charge in [0.05, 0.1) is 11.4 Å². The lowest BCUT2D eigenvalue weighted by Gasteiger charge is -2.38. The third-order valence-corrected chi connectivity index (χ3v) is 9.03. The molecule has 2 amide bonds. The van der Waals surface area contributed by atoms with Gasteiger partial charge in [0.15, 0.2) is 0 Å². The molecule has 7 nitrogen and oxygen atoms in total. The van der Waals surface area contributed by atoms with Crippen LogP contribution < -0.4 is 15.5 Å². The van der Waals surface area contributed by atoms with E-state index >= 15 is 0 Å². The van der Waals surface area contributed by atoms with Gasteiger partial charge >= 0.3 is 6.09 Å². The van der Waals surface area contributed by atoms with Crippen LogP contribution in [0.5, 0.6) is 0 Å². The van der Waals surface area contributed by atoms with E-state index in [4.69, 9.17) is 0 Å². The van der Waals surface area contributed by atoms with Crippen LogP contribution in [0.15, 0.2) is 60.8 Å². The summed E-state index contributed by atoms with van der Waals surface area (Å²) in [6, 6.07) is 18.5. The molecule has 1 unspecified atom stereocenters. The van der Waals surface area contributed by atoms with Crippen LogP contribution in [0, 0.1) is 0 Å². The molecule has 3 aromatic carbocycles. The van der Waals surface area contributed by atoms with E-state index in [1.165, 1.54) is 27.0 Å². The highest BCUT2D eigenvalue weighted by Gasteiger charge is 2.36. The predicted octanol–water partition coefficient (Wildman–Crippen LogP) is 9.12. The molecule has 5 rings (SSSR count). The fourth-order valence-electron chi connectivity index (χ4n) is 6.94. The number of rotatable bonds is 7. The van der Waals surface area contributed by atoms with Crippen LogP contribution in [-0.4, -0.2) is 34.2 Å². The molecule has 4 aromatic rings. The molecule has 0 saturated carbocycles. The van der Waals surface area contributed by atoms with Crippen molar-refractivity contribution in [1.82, 2.24) is 10.3 Å². The van der Waals surface area contributed by atoms with Gasteiger partial charge in [-0.1, -0.05) is 71.9 Å². The number of carbonyl (C=O) groups is 2. The highest BCUT2D eigenvalue weighted by atomic mass is 16.4. The Hall–Kier alpha value is -4.10. The average Bonchev–Trinajstić information content (AvgIpc) is 3.55. The Morgan fingerprint density at radius 3 is 2.30 bits per heavy atom. The Labute approximate surface area is 273 Å². The van der Waals surface area contributed by atoms with Crippen molar-refractivity contribution in [2.75, 3.05) is 16.8 Å². The summed E-state index contributed by atoms with van der Waals surface area (Å²) < 4.78 is 0. The van der Waals surface area contributed by atoms with E-state index < -0.39 is 11.6 Å². The van der Waals surface area contributed by atoms with Crippen LogP contribution in [0.2, 0.25) is 0 Å². The first-order chi connectivity index (χ1) is 21.5. The Balaban J connectivity index is 1.43. The molecule has 1 atom stereocenters. The molecule has 4 N–H and O–H groups in total. The Bertz CT molecular complexity index is 1760. The Kier molecular flexibility index (Phi) is 8.86. The molecule has 1 aliphatic carbocycles. The number of benzene rings is 3. The van der Waals surface area contributed by atoms with Crippen molar-refractivity contribution in [3.05, 3.63) is 94.2 Å². The van der Waals surface area contributed by atoms with Gasteiger partial charge in [0, 0.05) is 34.2 Å². The summed E-state index contributed by atoms with van der Waals surface area (Å²) in [5.74, 6) is -0.240.